The molecule has 0 radical (unpaired) electrons. The first-order valence-electron chi connectivity index (χ1n) is 5.71. The fourth-order valence-electron chi connectivity index (χ4n) is 1.98. The Balaban J connectivity index is 2.58. The van der Waals surface area contributed by atoms with Gasteiger partial charge in [0.1, 0.15) is 5.82 Å². The van der Waals surface area contributed by atoms with Crippen molar-refractivity contribution in [1.29, 1.82) is 0 Å². The Labute approximate surface area is 147 Å². The summed E-state index contributed by atoms with van der Waals surface area (Å²) >= 11 is 16.1. The third kappa shape index (κ3) is 3.28. The third-order valence-corrected chi connectivity index (χ3v) is 5.41. The summed E-state index contributed by atoms with van der Waals surface area (Å²) in [5.41, 5.74) is 1.43. The van der Waals surface area contributed by atoms with E-state index in [4.69, 9.17) is 11.6 Å². The summed E-state index contributed by atoms with van der Waals surface area (Å²) in [6, 6.07) is 8.96. The van der Waals surface area contributed by atoms with Gasteiger partial charge >= 0.3 is 0 Å². The molecule has 0 spiro atoms. The van der Waals surface area contributed by atoms with Gasteiger partial charge in [-0.25, -0.2) is 4.39 Å². The molecule has 0 bridgehead atoms. The van der Waals surface area contributed by atoms with E-state index in [0.717, 1.165) is 14.5 Å². The minimum absolute atomic E-state index is 0.0915. The van der Waals surface area contributed by atoms with E-state index < -0.39 is 5.82 Å². The number of rotatable bonds is 3. The zero-order valence-corrected chi connectivity index (χ0v) is 15.9. The minimum Gasteiger partial charge on any atom is -0.309 e. The van der Waals surface area contributed by atoms with E-state index in [1.807, 2.05) is 18.2 Å². The fraction of sp³-hybridized carbons (Fsp3) is 0.143. The van der Waals surface area contributed by atoms with Gasteiger partial charge in [0.15, 0.2) is 0 Å². The summed E-state index contributed by atoms with van der Waals surface area (Å²) in [6.45, 7) is 0. The zero-order valence-electron chi connectivity index (χ0n) is 10.4. The van der Waals surface area contributed by atoms with Crippen LogP contribution >= 0.6 is 59.4 Å². The number of hydrogen-bond acceptors (Lipinski definition) is 1. The van der Waals surface area contributed by atoms with Crippen LogP contribution in [0.4, 0.5) is 4.39 Å². The van der Waals surface area contributed by atoms with Gasteiger partial charge in [-0.1, -0.05) is 49.5 Å². The molecule has 106 valence electrons. The lowest BCUT2D eigenvalue weighted by atomic mass is 9.98. The molecule has 1 N–H and O–H groups in total. The second kappa shape index (κ2) is 6.88. The van der Waals surface area contributed by atoms with Crippen molar-refractivity contribution in [2.24, 2.45) is 0 Å². The standard InChI is InChI=1S/C14H10Br3ClFN/c1-20-14(9-6-7(15)2-4-10(9)16)8-3-5-11(17)12(18)13(8)19/h2-6,14,20H,1H3. The van der Waals surface area contributed by atoms with Gasteiger partial charge in [0.25, 0.3) is 0 Å². The summed E-state index contributed by atoms with van der Waals surface area (Å²) in [5.74, 6) is -0.424. The highest BCUT2D eigenvalue weighted by Crippen LogP contribution is 2.36. The Kier molecular flexibility index (Phi) is 5.65. The number of nitrogens with one attached hydrogen (secondary N) is 1. The molecule has 1 unspecified atom stereocenters. The van der Waals surface area contributed by atoms with E-state index in [1.54, 1.807) is 19.2 Å². The summed E-state index contributed by atoms with van der Waals surface area (Å²) in [7, 11) is 1.79. The van der Waals surface area contributed by atoms with Crippen LogP contribution in [0.2, 0.25) is 5.02 Å². The molecule has 0 aliphatic heterocycles. The maximum absolute atomic E-state index is 14.4. The van der Waals surface area contributed by atoms with Crippen molar-refractivity contribution in [1.82, 2.24) is 5.32 Å². The Morgan fingerprint density at radius 3 is 2.35 bits per heavy atom. The monoisotopic (exact) mass is 483 g/mol. The van der Waals surface area contributed by atoms with Crippen LogP contribution in [0.1, 0.15) is 17.2 Å². The molecular weight excluding hydrogens is 476 g/mol. The maximum Gasteiger partial charge on any atom is 0.148 e. The molecule has 2 aromatic carbocycles. The molecule has 0 amide bonds. The van der Waals surface area contributed by atoms with Crippen LogP contribution in [0, 0.1) is 5.82 Å². The lowest BCUT2D eigenvalue weighted by Crippen LogP contribution is -2.19. The average Bonchev–Trinajstić information content (AvgIpc) is 2.43. The van der Waals surface area contributed by atoms with Gasteiger partial charge in [0.2, 0.25) is 0 Å². The van der Waals surface area contributed by atoms with E-state index >= 15 is 0 Å². The highest BCUT2D eigenvalue weighted by atomic mass is 79.9. The lowest BCUT2D eigenvalue weighted by Gasteiger charge is -2.20. The number of halogens is 5. The Morgan fingerprint density at radius 2 is 1.70 bits per heavy atom. The van der Waals surface area contributed by atoms with Gasteiger partial charge in [0, 0.05) is 19.0 Å². The molecular formula is C14H10Br3ClFN. The van der Waals surface area contributed by atoms with Gasteiger partial charge in [-0.3, -0.25) is 0 Å². The molecule has 6 heteroatoms. The van der Waals surface area contributed by atoms with Crippen molar-refractivity contribution >= 4 is 59.4 Å². The molecule has 0 aliphatic carbocycles. The van der Waals surface area contributed by atoms with Crippen molar-refractivity contribution in [3.05, 3.63) is 65.7 Å². The molecule has 0 aromatic heterocycles. The van der Waals surface area contributed by atoms with Gasteiger partial charge in [0.05, 0.1) is 11.1 Å². The van der Waals surface area contributed by atoms with E-state index in [2.05, 4.69) is 53.1 Å². The summed E-state index contributed by atoms with van der Waals surface area (Å²) < 4.78 is 16.8. The summed E-state index contributed by atoms with van der Waals surface area (Å²) in [6.07, 6.45) is 0. The SMILES string of the molecule is CNC(c1cc(Br)ccc1Br)c1ccc(Br)c(Cl)c1F. The molecule has 2 rings (SSSR count). The van der Waals surface area contributed by atoms with Crippen molar-refractivity contribution in [2.75, 3.05) is 7.05 Å². The molecule has 2 aromatic rings. The summed E-state index contributed by atoms with van der Waals surface area (Å²) in [4.78, 5) is 0. The minimum atomic E-state index is -0.424. The quantitative estimate of drug-likeness (QED) is 0.519. The van der Waals surface area contributed by atoms with Crippen molar-refractivity contribution < 1.29 is 4.39 Å². The van der Waals surface area contributed by atoms with E-state index in [1.165, 1.54) is 0 Å². The Morgan fingerprint density at radius 1 is 1.05 bits per heavy atom. The molecule has 1 atom stereocenters. The van der Waals surface area contributed by atoms with Gasteiger partial charge in [-0.05, 0) is 52.8 Å². The van der Waals surface area contributed by atoms with Crippen LogP contribution in [0.25, 0.3) is 0 Å². The van der Waals surface area contributed by atoms with Crippen LogP contribution < -0.4 is 5.32 Å². The van der Waals surface area contributed by atoms with Gasteiger partial charge in [-0.2, -0.15) is 0 Å². The Hall–Kier alpha value is 0.0600. The smallest absolute Gasteiger partial charge is 0.148 e. The van der Waals surface area contributed by atoms with Crippen molar-refractivity contribution in [3.8, 4) is 0 Å². The van der Waals surface area contributed by atoms with Gasteiger partial charge in [-0.15, -0.1) is 0 Å². The fourth-order valence-corrected chi connectivity index (χ4v) is 3.31. The molecule has 0 aliphatic rings. The largest absolute Gasteiger partial charge is 0.309 e. The van der Waals surface area contributed by atoms with Crippen LogP contribution in [0.5, 0.6) is 0 Å². The first kappa shape index (κ1) is 16.4. The highest BCUT2D eigenvalue weighted by molar-refractivity contribution is 9.11. The predicted molar refractivity (Wildman–Crippen MR) is 91.9 cm³/mol. The van der Waals surface area contributed by atoms with E-state index in [9.17, 15) is 4.39 Å². The van der Waals surface area contributed by atoms with Crippen LogP contribution in [0.15, 0.2) is 43.7 Å². The topological polar surface area (TPSA) is 12.0 Å². The Bertz CT molecular complexity index is 649. The predicted octanol–water partition coefficient (Wildman–Crippen LogP) is 6.08. The van der Waals surface area contributed by atoms with Crippen LogP contribution in [-0.4, -0.2) is 7.05 Å². The first-order chi connectivity index (χ1) is 9.45. The molecule has 1 nitrogen and oxygen atoms in total. The summed E-state index contributed by atoms with van der Waals surface area (Å²) in [5, 5.41) is 3.22. The molecule has 20 heavy (non-hydrogen) atoms. The molecule has 0 heterocycles. The normalized spacial score (nSPS) is 12.5. The molecule has 0 saturated heterocycles. The van der Waals surface area contributed by atoms with Crippen molar-refractivity contribution in [3.63, 3.8) is 0 Å². The zero-order chi connectivity index (χ0) is 14.9. The average molecular weight is 486 g/mol. The maximum atomic E-state index is 14.4. The molecule has 0 saturated carbocycles. The second-order valence-corrected chi connectivity index (χ2v) is 7.15. The first-order valence-corrected chi connectivity index (χ1v) is 8.47. The van der Waals surface area contributed by atoms with Crippen LogP contribution in [-0.2, 0) is 0 Å². The van der Waals surface area contributed by atoms with Crippen LogP contribution in [0.3, 0.4) is 0 Å². The molecule has 0 fully saturated rings. The third-order valence-electron chi connectivity index (χ3n) is 2.93. The number of hydrogen-bond donors (Lipinski definition) is 1. The second-order valence-electron chi connectivity index (χ2n) is 4.15. The van der Waals surface area contributed by atoms with Gasteiger partial charge < -0.3 is 5.32 Å². The lowest BCUT2D eigenvalue weighted by molar-refractivity contribution is 0.575. The van der Waals surface area contributed by atoms with E-state index in [0.29, 0.717) is 10.0 Å². The van der Waals surface area contributed by atoms with Crippen molar-refractivity contribution in [2.45, 2.75) is 6.04 Å². The number of benzene rings is 2. The van der Waals surface area contributed by atoms with E-state index in [-0.39, 0.29) is 11.1 Å². The highest BCUT2D eigenvalue weighted by Gasteiger charge is 2.21.